The van der Waals surface area contributed by atoms with Gasteiger partial charge in [-0.15, -0.1) is 0 Å². The smallest absolute Gasteiger partial charge is 0.331 e. The molecule has 1 aliphatic carbocycles. The molecule has 0 radical (unpaired) electrons. The van der Waals surface area contributed by atoms with Crippen molar-refractivity contribution in [1.29, 1.82) is 0 Å². The lowest BCUT2D eigenvalue weighted by molar-refractivity contribution is -0.146. The molecule has 0 fully saturated rings. The summed E-state index contributed by atoms with van der Waals surface area (Å²) in [6.07, 6.45) is 6.75. The summed E-state index contributed by atoms with van der Waals surface area (Å²) in [5.74, 6) is -0.700. The number of carbonyl (C=O) groups excluding carboxylic acids is 2. The van der Waals surface area contributed by atoms with E-state index < -0.39 is 5.97 Å². The van der Waals surface area contributed by atoms with Crippen molar-refractivity contribution in [1.82, 2.24) is 0 Å². The Balaban J connectivity index is 2.89. The zero-order chi connectivity index (χ0) is 15.8. The number of ether oxygens (including phenoxy) is 1. The first-order valence-electron chi connectivity index (χ1n) is 7.50. The molecule has 0 saturated heterocycles. The largest absolute Gasteiger partial charge is 0.469 e. The first-order valence-corrected chi connectivity index (χ1v) is 7.50. The normalized spacial score (nSPS) is 23.6. The zero-order valence-electron chi connectivity index (χ0n) is 13.3. The van der Waals surface area contributed by atoms with Crippen molar-refractivity contribution in [3.8, 4) is 0 Å². The average Bonchev–Trinajstić information content (AvgIpc) is 2.44. The summed E-state index contributed by atoms with van der Waals surface area (Å²) >= 11 is 0. The van der Waals surface area contributed by atoms with Crippen molar-refractivity contribution < 1.29 is 19.2 Å². The number of carbonyl (C=O) groups is 2. The minimum Gasteiger partial charge on any atom is -0.469 e. The van der Waals surface area contributed by atoms with Gasteiger partial charge in [-0.25, -0.2) is 4.79 Å². The second kappa shape index (κ2) is 8.60. The van der Waals surface area contributed by atoms with E-state index in [0.29, 0.717) is 12.1 Å². The first-order chi connectivity index (χ1) is 9.99. The molecule has 1 aliphatic rings. The molecule has 118 valence electrons. The number of esters is 1. The highest BCUT2D eigenvalue weighted by atomic mass is 16.7. The molecule has 1 rings (SSSR count). The van der Waals surface area contributed by atoms with E-state index in [-0.39, 0.29) is 17.8 Å². The Morgan fingerprint density at radius 2 is 2.10 bits per heavy atom. The molecule has 0 aromatic rings. The van der Waals surface area contributed by atoms with E-state index in [1.54, 1.807) is 0 Å². The quantitative estimate of drug-likeness (QED) is 0.326. The second-order valence-corrected chi connectivity index (χ2v) is 5.51. The van der Waals surface area contributed by atoms with Gasteiger partial charge in [-0.3, -0.25) is 4.79 Å². The SMILES string of the molecule is CCCCC[C@@H]1C/C(=N\OC(C)=O)C=C(C)[C@H]1C(=O)OC. The van der Waals surface area contributed by atoms with Crippen LogP contribution in [-0.4, -0.2) is 24.8 Å². The molecule has 0 spiro atoms. The summed E-state index contributed by atoms with van der Waals surface area (Å²) in [6, 6.07) is 0. The van der Waals surface area contributed by atoms with Gasteiger partial charge in [0, 0.05) is 6.92 Å². The lowest BCUT2D eigenvalue weighted by atomic mass is 9.75. The van der Waals surface area contributed by atoms with Crippen LogP contribution in [0.1, 0.15) is 52.9 Å². The highest BCUT2D eigenvalue weighted by molar-refractivity contribution is 5.98. The lowest BCUT2D eigenvalue weighted by Gasteiger charge is -2.29. The van der Waals surface area contributed by atoms with Crippen molar-refractivity contribution in [2.45, 2.75) is 52.9 Å². The molecular weight excluding hydrogens is 270 g/mol. The van der Waals surface area contributed by atoms with Crippen molar-refractivity contribution in [2.75, 3.05) is 7.11 Å². The number of methoxy groups -OCH3 is 1. The van der Waals surface area contributed by atoms with Crippen LogP contribution >= 0.6 is 0 Å². The maximum absolute atomic E-state index is 12.0. The molecule has 21 heavy (non-hydrogen) atoms. The molecule has 0 N–H and O–H groups in total. The van der Waals surface area contributed by atoms with Crippen LogP contribution in [0.2, 0.25) is 0 Å². The zero-order valence-corrected chi connectivity index (χ0v) is 13.3. The Morgan fingerprint density at radius 3 is 2.67 bits per heavy atom. The number of hydrogen-bond acceptors (Lipinski definition) is 5. The maximum Gasteiger partial charge on any atom is 0.331 e. The van der Waals surface area contributed by atoms with Gasteiger partial charge in [0.05, 0.1) is 18.7 Å². The van der Waals surface area contributed by atoms with E-state index in [4.69, 9.17) is 9.57 Å². The predicted octanol–water partition coefficient (Wildman–Crippen LogP) is 3.24. The maximum atomic E-state index is 12.0. The van der Waals surface area contributed by atoms with Gasteiger partial charge in [-0.05, 0) is 31.8 Å². The molecule has 2 atom stereocenters. The Labute approximate surface area is 126 Å². The fourth-order valence-corrected chi connectivity index (χ4v) is 2.79. The van der Waals surface area contributed by atoms with E-state index >= 15 is 0 Å². The van der Waals surface area contributed by atoms with Gasteiger partial charge in [0.15, 0.2) is 0 Å². The number of hydrogen-bond donors (Lipinski definition) is 0. The van der Waals surface area contributed by atoms with E-state index in [1.165, 1.54) is 14.0 Å². The van der Waals surface area contributed by atoms with Crippen molar-refractivity contribution in [2.24, 2.45) is 17.0 Å². The van der Waals surface area contributed by atoms with Gasteiger partial charge < -0.3 is 9.57 Å². The van der Waals surface area contributed by atoms with Gasteiger partial charge in [-0.1, -0.05) is 36.9 Å². The van der Waals surface area contributed by atoms with Gasteiger partial charge in [-0.2, -0.15) is 0 Å². The minimum absolute atomic E-state index is 0.156. The molecule has 0 bridgehead atoms. The second-order valence-electron chi connectivity index (χ2n) is 5.51. The Kier molecular flexibility index (Phi) is 7.12. The topological polar surface area (TPSA) is 65.0 Å². The van der Waals surface area contributed by atoms with Crippen LogP contribution in [-0.2, 0) is 19.2 Å². The van der Waals surface area contributed by atoms with E-state index in [9.17, 15) is 9.59 Å². The van der Waals surface area contributed by atoms with Crippen LogP contribution in [0.5, 0.6) is 0 Å². The molecule has 0 unspecified atom stereocenters. The fraction of sp³-hybridized carbons (Fsp3) is 0.688. The van der Waals surface area contributed by atoms with Crippen LogP contribution in [0.3, 0.4) is 0 Å². The van der Waals surface area contributed by atoms with Crippen LogP contribution in [0.25, 0.3) is 0 Å². The van der Waals surface area contributed by atoms with Gasteiger partial charge >= 0.3 is 11.9 Å². The Morgan fingerprint density at radius 1 is 1.38 bits per heavy atom. The van der Waals surface area contributed by atoms with Gasteiger partial charge in [0.25, 0.3) is 0 Å². The standard InChI is InChI=1S/C16H25NO4/c1-5-6-7-8-13-10-14(17-21-12(3)18)9-11(2)15(13)16(19)20-4/h9,13,15H,5-8,10H2,1-4H3/b17-14-/t13-,15-/m1/s1. The summed E-state index contributed by atoms with van der Waals surface area (Å²) in [4.78, 5) is 27.6. The van der Waals surface area contributed by atoms with Crippen molar-refractivity contribution in [3.05, 3.63) is 11.6 Å². The highest BCUT2D eigenvalue weighted by Gasteiger charge is 2.34. The Bertz CT molecular complexity index is 440. The van der Waals surface area contributed by atoms with E-state index in [0.717, 1.165) is 31.3 Å². The summed E-state index contributed by atoms with van der Waals surface area (Å²) in [6.45, 7) is 5.37. The molecule has 0 heterocycles. The summed E-state index contributed by atoms with van der Waals surface area (Å²) in [7, 11) is 1.42. The van der Waals surface area contributed by atoms with Crippen LogP contribution < -0.4 is 0 Å². The average molecular weight is 295 g/mol. The number of unbranched alkanes of at least 4 members (excludes halogenated alkanes) is 2. The third kappa shape index (κ3) is 5.33. The van der Waals surface area contributed by atoms with Gasteiger partial charge in [0.1, 0.15) is 0 Å². The minimum atomic E-state index is -0.439. The molecule has 0 amide bonds. The first kappa shape index (κ1) is 17.4. The number of allylic oxidation sites excluding steroid dienone is 1. The lowest BCUT2D eigenvalue weighted by Crippen LogP contribution is -2.31. The molecule has 0 aromatic carbocycles. The molecule has 0 saturated carbocycles. The van der Waals surface area contributed by atoms with Crippen LogP contribution in [0.4, 0.5) is 0 Å². The fourth-order valence-electron chi connectivity index (χ4n) is 2.79. The summed E-state index contributed by atoms with van der Waals surface area (Å²) < 4.78 is 4.93. The molecular formula is C16H25NO4. The van der Waals surface area contributed by atoms with Crippen LogP contribution in [0.15, 0.2) is 16.8 Å². The number of rotatable bonds is 6. The summed E-state index contributed by atoms with van der Waals surface area (Å²) in [5.41, 5.74) is 1.63. The van der Waals surface area contributed by atoms with E-state index in [1.807, 2.05) is 13.0 Å². The van der Waals surface area contributed by atoms with Gasteiger partial charge in [0.2, 0.25) is 0 Å². The molecule has 5 nitrogen and oxygen atoms in total. The third-order valence-corrected chi connectivity index (χ3v) is 3.75. The highest BCUT2D eigenvalue weighted by Crippen LogP contribution is 2.34. The van der Waals surface area contributed by atoms with Crippen LogP contribution in [0, 0.1) is 11.8 Å². The monoisotopic (exact) mass is 295 g/mol. The Hall–Kier alpha value is -1.65. The third-order valence-electron chi connectivity index (χ3n) is 3.75. The molecule has 5 heteroatoms. The summed E-state index contributed by atoms with van der Waals surface area (Å²) in [5, 5.41) is 3.87. The van der Waals surface area contributed by atoms with E-state index in [2.05, 4.69) is 12.1 Å². The molecule has 0 aliphatic heterocycles. The number of oxime groups is 1. The molecule has 0 aromatic heterocycles. The van der Waals surface area contributed by atoms with Crippen molar-refractivity contribution >= 4 is 17.7 Å². The number of nitrogens with zero attached hydrogens (tertiary/aromatic N) is 1. The predicted molar refractivity (Wildman–Crippen MR) is 80.7 cm³/mol. The van der Waals surface area contributed by atoms with Crippen molar-refractivity contribution in [3.63, 3.8) is 0 Å².